The van der Waals surface area contributed by atoms with Crippen LogP contribution in [-0.4, -0.2) is 19.3 Å². The first-order chi connectivity index (χ1) is 12.9. The van der Waals surface area contributed by atoms with Gasteiger partial charge < -0.3 is 0 Å². The smallest absolute Gasteiger partial charge is 0.294 e. The molecule has 0 spiro atoms. The molecular formula is C19H13F3N4O. The number of alkyl halides is 3. The lowest BCUT2D eigenvalue weighted by Gasteiger charge is -2.09. The topological polar surface area (TPSA) is 52.7 Å². The summed E-state index contributed by atoms with van der Waals surface area (Å²) in [4.78, 5) is 16.9. The van der Waals surface area contributed by atoms with Gasteiger partial charge in [-0.2, -0.15) is 18.3 Å². The van der Waals surface area contributed by atoms with Gasteiger partial charge in [0.15, 0.2) is 5.65 Å². The van der Waals surface area contributed by atoms with Crippen molar-refractivity contribution >= 4 is 11.0 Å². The van der Waals surface area contributed by atoms with Crippen molar-refractivity contribution in [2.24, 2.45) is 0 Å². The van der Waals surface area contributed by atoms with Gasteiger partial charge in [-0.3, -0.25) is 9.36 Å². The fraction of sp³-hybridized carbons (Fsp3) is 0.105. The molecule has 0 fully saturated rings. The molecule has 8 heteroatoms. The number of aromatic nitrogens is 4. The Morgan fingerprint density at radius 3 is 2.52 bits per heavy atom. The molecule has 0 N–H and O–H groups in total. The maximum absolute atomic E-state index is 12.9. The first-order valence-corrected chi connectivity index (χ1v) is 8.08. The van der Waals surface area contributed by atoms with Gasteiger partial charge in [-0.05, 0) is 23.8 Å². The summed E-state index contributed by atoms with van der Waals surface area (Å²) in [6, 6.07) is 14.1. The second kappa shape index (κ2) is 6.39. The van der Waals surface area contributed by atoms with E-state index in [4.69, 9.17) is 0 Å². The first-order valence-electron chi connectivity index (χ1n) is 8.08. The van der Waals surface area contributed by atoms with Crippen LogP contribution >= 0.6 is 0 Å². The van der Waals surface area contributed by atoms with E-state index in [1.807, 2.05) is 30.3 Å². The largest absolute Gasteiger partial charge is 0.416 e. The molecule has 0 bridgehead atoms. The highest BCUT2D eigenvalue weighted by molar-refractivity contribution is 5.75. The van der Waals surface area contributed by atoms with Crippen LogP contribution in [0.25, 0.3) is 16.7 Å². The summed E-state index contributed by atoms with van der Waals surface area (Å²) in [5, 5.41) is 4.31. The highest BCUT2D eigenvalue weighted by atomic mass is 19.4. The number of halogens is 3. The van der Waals surface area contributed by atoms with Crippen LogP contribution in [0.1, 0.15) is 11.1 Å². The summed E-state index contributed by atoms with van der Waals surface area (Å²) in [6.45, 7) is 0.345. The van der Waals surface area contributed by atoms with Gasteiger partial charge in [0, 0.05) is 0 Å². The number of fused-ring (bicyclic) bond motifs is 1. The van der Waals surface area contributed by atoms with E-state index in [0.717, 1.165) is 17.7 Å². The molecule has 27 heavy (non-hydrogen) atoms. The minimum atomic E-state index is -4.46. The van der Waals surface area contributed by atoms with E-state index in [0.29, 0.717) is 6.54 Å². The average molecular weight is 370 g/mol. The van der Waals surface area contributed by atoms with Gasteiger partial charge in [-0.25, -0.2) is 9.67 Å². The van der Waals surface area contributed by atoms with Crippen LogP contribution in [0, 0.1) is 0 Å². The molecule has 0 radical (unpaired) electrons. The van der Waals surface area contributed by atoms with Gasteiger partial charge >= 0.3 is 6.18 Å². The second-order valence-electron chi connectivity index (χ2n) is 6.00. The zero-order valence-electron chi connectivity index (χ0n) is 13.9. The summed E-state index contributed by atoms with van der Waals surface area (Å²) in [5.41, 5.74) is 0.241. The molecule has 4 rings (SSSR count). The second-order valence-corrected chi connectivity index (χ2v) is 6.00. The van der Waals surface area contributed by atoms with Crippen LogP contribution in [0.2, 0.25) is 0 Å². The molecule has 0 aliphatic carbocycles. The summed E-state index contributed by atoms with van der Waals surface area (Å²) < 4.78 is 41.5. The molecule has 4 aromatic rings. The molecule has 5 nitrogen and oxygen atoms in total. The van der Waals surface area contributed by atoms with Crippen molar-refractivity contribution in [3.8, 4) is 5.69 Å². The SMILES string of the molecule is O=c1c2cnn(-c3cccc(C(F)(F)F)c3)c2ncn1Cc1ccccc1. The van der Waals surface area contributed by atoms with E-state index in [2.05, 4.69) is 10.1 Å². The molecule has 0 aliphatic heterocycles. The number of hydrogen-bond donors (Lipinski definition) is 0. The third kappa shape index (κ3) is 3.21. The lowest BCUT2D eigenvalue weighted by molar-refractivity contribution is -0.137. The van der Waals surface area contributed by atoms with Crippen molar-refractivity contribution in [2.45, 2.75) is 12.7 Å². The zero-order chi connectivity index (χ0) is 19.0. The monoisotopic (exact) mass is 370 g/mol. The Hall–Kier alpha value is -3.42. The van der Waals surface area contributed by atoms with Crippen molar-refractivity contribution in [1.82, 2.24) is 19.3 Å². The van der Waals surface area contributed by atoms with Crippen molar-refractivity contribution in [3.63, 3.8) is 0 Å². The molecule has 0 unspecified atom stereocenters. The highest BCUT2D eigenvalue weighted by Crippen LogP contribution is 2.30. The normalized spacial score (nSPS) is 11.8. The molecule has 2 aromatic heterocycles. The molecule has 0 saturated carbocycles. The standard InChI is InChI=1S/C19H13F3N4O/c20-19(21,22)14-7-4-8-15(9-14)26-17-16(10-24-26)18(27)25(12-23-17)11-13-5-2-1-3-6-13/h1-10,12H,11H2. The van der Waals surface area contributed by atoms with Crippen LogP contribution in [0.5, 0.6) is 0 Å². The fourth-order valence-electron chi connectivity index (χ4n) is 2.84. The van der Waals surface area contributed by atoms with Gasteiger partial charge in [0.05, 0.1) is 24.0 Å². The van der Waals surface area contributed by atoms with E-state index in [1.165, 1.54) is 33.9 Å². The first kappa shape index (κ1) is 17.0. The van der Waals surface area contributed by atoms with Gasteiger partial charge in [0.2, 0.25) is 0 Å². The number of rotatable bonds is 3. The molecule has 0 atom stereocenters. The van der Waals surface area contributed by atoms with E-state index in [9.17, 15) is 18.0 Å². The Bertz CT molecular complexity index is 1160. The van der Waals surface area contributed by atoms with E-state index >= 15 is 0 Å². The Morgan fingerprint density at radius 2 is 1.78 bits per heavy atom. The van der Waals surface area contributed by atoms with Gasteiger partial charge in [-0.1, -0.05) is 36.4 Å². The third-order valence-corrected chi connectivity index (χ3v) is 4.17. The Labute approximate surface area is 151 Å². The number of benzene rings is 2. The van der Waals surface area contributed by atoms with Crippen molar-refractivity contribution < 1.29 is 13.2 Å². The molecule has 136 valence electrons. The highest BCUT2D eigenvalue weighted by Gasteiger charge is 2.30. The maximum Gasteiger partial charge on any atom is 0.416 e. The quantitative estimate of drug-likeness (QED) is 0.553. The van der Waals surface area contributed by atoms with Crippen molar-refractivity contribution in [1.29, 1.82) is 0 Å². The zero-order valence-corrected chi connectivity index (χ0v) is 13.9. The Balaban J connectivity index is 1.77. The van der Waals surface area contributed by atoms with E-state index in [1.54, 1.807) is 0 Å². The minimum absolute atomic E-state index is 0.188. The van der Waals surface area contributed by atoms with Crippen LogP contribution in [-0.2, 0) is 12.7 Å². The third-order valence-electron chi connectivity index (χ3n) is 4.17. The predicted octanol–water partition coefficient (Wildman–Crippen LogP) is 3.65. The summed E-state index contributed by atoms with van der Waals surface area (Å²) >= 11 is 0. The predicted molar refractivity (Wildman–Crippen MR) is 93.7 cm³/mol. The Kier molecular flexibility index (Phi) is 4.02. The molecule has 0 saturated heterocycles. The fourth-order valence-corrected chi connectivity index (χ4v) is 2.84. The van der Waals surface area contributed by atoms with Gasteiger partial charge in [-0.15, -0.1) is 0 Å². The molecular weight excluding hydrogens is 357 g/mol. The van der Waals surface area contributed by atoms with Gasteiger partial charge in [0.25, 0.3) is 5.56 Å². The summed E-state index contributed by atoms with van der Waals surface area (Å²) in [7, 11) is 0. The number of hydrogen-bond acceptors (Lipinski definition) is 3. The average Bonchev–Trinajstić information content (AvgIpc) is 3.09. The Morgan fingerprint density at radius 1 is 1.00 bits per heavy atom. The van der Waals surface area contributed by atoms with E-state index < -0.39 is 11.7 Å². The van der Waals surface area contributed by atoms with Crippen LogP contribution in [0.15, 0.2) is 71.9 Å². The lowest BCUT2D eigenvalue weighted by Crippen LogP contribution is -2.21. The van der Waals surface area contributed by atoms with Crippen LogP contribution in [0.4, 0.5) is 13.2 Å². The molecule has 2 heterocycles. The summed E-state index contributed by atoms with van der Waals surface area (Å²) in [6.07, 6.45) is -1.76. The molecule has 2 aromatic carbocycles. The molecule has 0 amide bonds. The lowest BCUT2D eigenvalue weighted by atomic mass is 10.2. The maximum atomic E-state index is 12.9. The minimum Gasteiger partial charge on any atom is -0.294 e. The molecule has 0 aliphatic rings. The number of nitrogens with zero attached hydrogens (tertiary/aromatic N) is 4. The van der Waals surface area contributed by atoms with Crippen molar-refractivity contribution in [2.75, 3.05) is 0 Å². The van der Waals surface area contributed by atoms with Crippen molar-refractivity contribution in [3.05, 3.63) is 88.6 Å². The van der Waals surface area contributed by atoms with Gasteiger partial charge in [0.1, 0.15) is 11.7 Å². The van der Waals surface area contributed by atoms with E-state index in [-0.39, 0.29) is 22.3 Å². The summed E-state index contributed by atoms with van der Waals surface area (Å²) in [5.74, 6) is 0. The van der Waals surface area contributed by atoms with Crippen LogP contribution in [0.3, 0.4) is 0 Å². The van der Waals surface area contributed by atoms with Crippen LogP contribution < -0.4 is 5.56 Å².